The van der Waals surface area contributed by atoms with Crippen molar-refractivity contribution in [3.63, 3.8) is 0 Å². The zero-order valence-electron chi connectivity index (χ0n) is 36.0. The number of benzene rings is 3. The average Bonchev–Trinajstić information content (AvgIpc) is 3.62. The number of carbonyl (C=O) groups excluding carboxylic acids is 3. The van der Waals surface area contributed by atoms with Gasteiger partial charge < -0.3 is 34.8 Å². The summed E-state index contributed by atoms with van der Waals surface area (Å²) in [5.74, 6) is 0.786. The molecule has 3 aliphatic heterocycles. The van der Waals surface area contributed by atoms with E-state index in [9.17, 15) is 22.8 Å². The number of sulfonamides is 1. The van der Waals surface area contributed by atoms with Crippen molar-refractivity contribution >= 4 is 84.9 Å². The van der Waals surface area contributed by atoms with Crippen molar-refractivity contribution in [1.82, 2.24) is 35.1 Å². The Hall–Kier alpha value is -6.31. The van der Waals surface area contributed by atoms with Gasteiger partial charge in [-0.1, -0.05) is 24.6 Å². The van der Waals surface area contributed by atoms with Gasteiger partial charge in [-0.25, -0.2) is 13.4 Å². The number of imide groups is 1. The van der Waals surface area contributed by atoms with Crippen LogP contribution in [0.1, 0.15) is 60.5 Å². The van der Waals surface area contributed by atoms with E-state index in [2.05, 4.69) is 76.5 Å². The summed E-state index contributed by atoms with van der Waals surface area (Å²) < 4.78 is 39.3. The Bertz CT molecular complexity index is 2720. The predicted molar refractivity (Wildman–Crippen MR) is 244 cm³/mol. The molecule has 2 fully saturated rings. The van der Waals surface area contributed by atoms with Crippen molar-refractivity contribution in [2.75, 3.05) is 66.9 Å². The number of methoxy groups -OCH3 is 1. The Morgan fingerprint density at radius 1 is 0.984 bits per heavy atom. The molecule has 64 heavy (non-hydrogen) atoms. The lowest BCUT2D eigenvalue weighted by molar-refractivity contribution is -0.136. The normalized spacial score (nSPS) is 16.8. The third-order valence-electron chi connectivity index (χ3n) is 11.8. The quantitative estimate of drug-likeness (QED) is 0.0698. The molecule has 2 aromatic heterocycles. The summed E-state index contributed by atoms with van der Waals surface area (Å²) in [5.41, 5.74) is 5.66. The topological polar surface area (TPSA) is 213 Å². The minimum absolute atomic E-state index is 0.207. The summed E-state index contributed by atoms with van der Waals surface area (Å²) in [6, 6.07) is 12.7. The Kier molecular flexibility index (Phi) is 13.0. The number of nitrogens with one attached hydrogen (secondary N) is 4. The molecule has 18 nitrogen and oxygen atoms in total. The first kappa shape index (κ1) is 44.3. The Balaban J connectivity index is 0.871. The highest BCUT2D eigenvalue weighted by Crippen LogP contribution is 2.39. The minimum Gasteiger partial charge on any atom is -0.494 e. The Labute approximate surface area is 376 Å². The molecule has 1 unspecified atom stereocenters. The Morgan fingerprint density at radius 2 is 1.78 bits per heavy atom. The SMILES string of the molecule is CCc1cc(Nc2ncc(Cl)c(Nc3ccc4nccnc4c3NS(C)(=O)=O)n2)c(OC)cc1N1CCC(N(C)CCCOc2cccc3c2CN(C2CCC(=O)NC2=O)C3=O)CC1. The average molecular weight is 912 g/mol. The van der Waals surface area contributed by atoms with Crippen LogP contribution >= 0.6 is 11.6 Å². The number of aromatic nitrogens is 4. The monoisotopic (exact) mass is 911 g/mol. The summed E-state index contributed by atoms with van der Waals surface area (Å²) in [6.07, 6.45) is 9.58. The molecule has 5 aromatic rings. The molecule has 5 heterocycles. The second kappa shape index (κ2) is 18.8. The summed E-state index contributed by atoms with van der Waals surface area (Å²) in [5, 5.41) is 9.01. The molecule has 0 bridgehead atoms. The van der Waals surface area contributed by atoms with Crippen LogP contribution < -0.4 is 35.0 Å². The van der Waals surface area contributed by atoms with Crippen molar-refractivity contribution < 1.29 is 32.3 Å². The molecule has 336 valence electrons. The van der Waals surface area contributed by atoms with E-state index in [4.69, 9.17) is 21.1 Å². The standard InChI is InChI=1S/C44H50ClN11O7S/c1-5-26-22-33(50-44-48-24-30(45)41(52-44)49-32-11-10-31-39(47-17-16-46-31)40(32)53-64(4,60)61)37(62-3)23-35(26)55-19-14-27(15-20-55)54(2)18-7-21-63-36-9-6-8-28-29(36)25-56(43(28)59)34-12-13-38(57)51-42(34)58/h6,8-11,16-17,22-24,27,34,53H,5,7,12-15,18-21,25H2,1-4H3,(H,51,57,58)(H2,48,49,50,52). The van der Waals surface area contributed by atoms with Gasteiger partial charge in [0.25, 0.3) is 5.91 Å². The molecule has 0 spiro atoms. The number of rotatable bonds is 16. The maximum absolute atomic E-state index is 13.2. The molecule has 0 saturated carbocycles. The molecule has 8 rings (SSSR count). The molecule has 20 heteroatoms. The van der Waals surface area contributed by atoms with E-state index in [0.29, 0.717) is 58.5 Å². The van der Waals surface area contributed by atoms with Crippen LogP contribution in [-0.4, -0.2) is 115 Å². The second-order valence-electron chi connectivity index (χ2n) is 16.0. The van der Waals surface area contributed by atoms with Crippen LogP contribution in [0.2, 0.25) is 5.02 Å². The summed E-state index contributed by atoms with van der Waals surface area (Å²) in [4.78, 5) is 61.4. The lowest BCUT2D eigenvalue weighted by Gasteiger charge is -2.39. The van der Waals surface area contributed by atoms with Gasteiger partial charge in [0.1, 0.15) is 28.1 Å². The number of halogens is 1. The van der Waals surface area contributed by atoms with Gasteiger partial charge >= 0.3 is 0 Å². The Morgan fingerprint density at radius 3 is 2.53 bits per heavy atom. The maximum Gasteiger partial charge on any atom is 0.255 e. The molecule has 3 amide bonds. The number of hydrogen-bond acceptors (Lipinski definition) is 15. The highest BCUT2D eigenvalue weighted by Gasteiger charge is 2.40. The molecule has 3 aromatic carbocycles. The summed E-state index contributed by atoms with van der Waals surface area (Å²) in [6.45, 7) is 5.45. The second-order valence-corrected chi connectivity index (χ2v) is 18.2. The third kappa shape index (κ3) is 9.60. The van der Waals surface area contributed by atoms with Crippen LogP contribution in [0.15, 0.2) is 61.1 Å². The van der Waals surface area contributed by atoms with E-state index in [1.54, 1.807) is 36.3 Å². The van der Waals surface area contributed by atoms with Gasteiger partial charge in [0.05, 0.1) is 55.3 Å². The number of fused-ring (bicyclic) bond motifs is 2. The van der Waals surface area contributed by atoms with Gasteiger partial charge in [-0.3, -0.25) is 34.4 Å². The lowest BCUT2D eigenvalue weighted by Crippen LogP contribution is -2.52. The van der Waals surface area contributed by atoms with Crippen molar-refractivity contribution in [3.8, 4) is 11.5 Å². The van der Waals surface area contributed by atoms with Gasteiger partial charge in [0.2, 0.25) is 27.8 Å². The largest absolute Gasteiger partial charge is 0.494 e. The van der Waals surface area contributed by atoms with Gasteiger partial charge in [-0.05, 0) is 75.0 Å². The van der Waals surface area contributed by atoms with Gasteiger partial charge in [-0.15, -0.1) is 0 Å². The number of nitrogens with zero attached hydrogens (tertiary/aromatic N) is 7. The fraction of sp³-hybridized carbons (Fsp3) is 0.386. The van der Waals surface area contributed by atoms with Crippen LogP contribution in [0.3, 0.4) is 0 Å². The van der Waals surface area contributed by atoms with E-state index >= 15 is 0 Å². The fourth-order valence-electron chi connectivity index (χ4n) is 8.57. The molecule has 0 radical (unpaired) electrons. The van der Waals surface area contributed by atoms with Crippen molar-refractivity contribution in [3.05, 3.63) is 82.8 Å². The van der Waals surface area contributed by atoms with Crippen LogP contribution in [0.25, 0.3) is 11.0 Å². The number of ether oxygens (including phenoxy) is 2. The van der Waals surface area contributed by atoms with Crippen molar-refractivity contribution in [2.45, 2.75) is 64.1 Å². The van der Waals surface area contributed by atoms with Crippen molar-refractivity contribution in [1.29, 1.82) is 0 Å². The fourth-order valence-corrected chi connectivity index (χ4v) is 9.28. The first-order valence-electron chi connectivity index (χ1n) is 21.1. The van der Waals surface area contributed by atoms with Crippen LogP contribution in [0.4, 0.5) is 34.5 Å². The number of amides is 3. The van der Waals surface area contributed by atoms with E-state index in [0.717, 1.165) is 68.4 Å². The molecule has 1 atom stereocenters. The van der Waals surface area contributed by atoms with E-state index in [1.165, 1.54) is 18.6 Å². The smallest absolute Gasteiger partial charge is 0.255 e. The molecule has 4 N–H and O–H groups in total. The van der Waals surface area contributed by atoms with Crippen molar-refractivity contribution in [2.24, 2.45) is 0 Å². The maximum atomic E-state index is 13.2. The van der Waals surface area contributed by atoms with E-state index in [1.807, 2.05) is 6.07 Å². The number of anilines is 6. The number of hydrogen-bond donors (Lipinski definition) is 4. The molecule has 0 aliphatic carbocycles. The molecular weight excluding hydrogens is 862 g/mol. The van der Waals surface area contributed by atoms with Gasteiger partial charge in [-0.2, -0.15) is 4.98 Å². The lowest BCUT2D eigenvalue weighted by atomic mass is 10.00. The zero-order valence-corrected chi connectivity index (χ0v) is 37.6. The minimum atomic E-state index is -3.68. The molecule has 2 saturated heterocycles. The number of carbonyl (C=O) groups is 3. The third-order valence-corrected chi connectivity index (χ3v) is 12.7. The van der Waals surface area contributed by atoms with E-state index in [-0.39, 0.29) is 47.3 Å². The zero-order chi connectivity index (χ0) is 45.1. The molecular formula is C44H50ClN11O7S. The van der Waals surface area contributed by atoms with Crippen LogP contribution in [0.5, 0.6) is 11.5 Å². The van der Waals surface area contributed by atoms with Crippen LogP contribution in [-0.2, 0) is 32.6 Å². The number of aryl methyl sites for hydroxylation is 1. The predicted octanol–water partition coefficient (Wildman–Crippen LogP) is 5.63. The van der Waals surface area contributed by atoms with Gasteiger partial charge in [0, 0.05) is 67.4 Å². The van der Waals surface area contributed by atoms with Crippen LogP contribution in [0, 0.1) is 0 Å². The molecule has 3 aliphatic rings. The highest BCUT2D eigenvalue weighted by molar-refractivity contribution is 7.92. The summed E-state index contributed by atoms with van der Waals surface area (Å²) in [7, 11) is 0.0961. The first-order valence-corrected chi connectivity index (χ1v) is 23.4. The number of piperidine rings is 2. The first-order chi connectivity index (χ1) is 30.8. The highest BCUT2D eigenvalue weighted by atomic mass is 35.5. The summed E-state index contributed by atoms with van der Waals surface area (Å²) >= 11 is 6.55. The van der Waals surface area contributed by atoms with E-state index < -0.39 is 22.0 Å². The van der Waals surface area contributed by atoms with Gasteiger partial charge in [0.15, 0.2) is 5.82 Å².